The van der Waals surface area contributed by atoms with Crippen molar-refractivity contribution in [2.75, 3.05) is 11.9 Å². The van der Waals surface area contributed by atoms with E-state index in [1.54, 1.807) is 6.92 Å². The maximum absolute atomic E-state index is 14.5. The number of ether oxygens (including phenoxy) is 1. The molecule has 0 radical (unpaired) electrons. The molecule has 0 aliphatic carbocycles. The maximum Gasteiger partial charge on any atom is 0.419 e. The van der Waals surface area contributed by atoms with E-state index in [4.69, 9.17) is 16.3 Å². The van der Waals surface area contributed by atoms with Crippen molar-refractivity contribution in [1.82, 2.24) is 14.5 Å². The van der Waals surface area contributed by atoms with Gasteiger partial charge >= 0.3 is 6.18 Å². The summed E-state index contributed by atoms with van der Waals surface area (Å²) >= 11 is 6.08. The second kappa shape index (κ2) is 7.14. The lowest BCUT2D eigenvalue weighted by Gasteiger charge is -2.22. The van der Waals surface area contributed by atoms with Gasteiger partial charge < -0.3 is 14.6 Å². The monoisotopic (exact) mass is 428 g/mol. The summed E-state index contributed by atoms with van der Waals surface area (Å²) in [4.78, 5) is 8.47. The number of benzene rings is 1. The van der Waals surface area contributed by atoms with E-state index >= 15 is 0 Å². The molecule has 0 saturated carbocycles. The zero-order chi connectivity index (χ0) is 20.9. The van der Waals surface area contributed by atoms with E-state index in [1.807, 2.05) is 17.6 Å². The molecular weight excluding hydrogens is 412 g/mol. The van der Waals surface area contributed by atoms with E-state index in [0.29, 0.717) is 36.1 Å². The Morgan fingerprint density at radius 3 is 2.79 bits per heavy atom. The highest BCUT2D eigenvalue weighted by molar-refractivity contribution is 6.28. The van der Waals surface area contributed by atoms with Gasteiger partial charge in [0.25, 0.3) is 0 Å². The molecule has 1 aliphatic rings. The van der Waals surface area contributed by atoms with Gasteiger partial charge in [-0.2, -0.15) is 18.2 Å². The van der Waals surface area contributed by atoms with Crippen molar-refractivity contribution in [3.8, 4) is 0 Å². The molecule has 1 aromatic carbocycles. The molecule has 1 unspecified atom stereocenters. The largest absolute Gasteiger partial charge is 0.419 e. The van der Waals surface area contributed by atoms with Gasteiger partial charge in [0.05, 0.1) is 29.7 Å². The fraction of sp³-hybridized carbons (Fsp3) is 0.368. The van der Waals surface area contributed by atoms with Crippen LogP contribution in [0.15, 0.2) is 24.3 Å². The normalized spacial score (nSPS) is 18.0. The summed E-state index contributed by atoms with van der Waals surface area (Å²) in [7, 11) is 0. The first kappa shape index (κ1) is 19.9. The SMILES string of the molecule is CC1OCCn2c1cc1c(N[C@H](C)c3cccc(C(F)(F)F)c3F)nc(Cl)nc12. The van der Waals surface area contributed by atoms with Gasteiger partial charge in [0.15, 0.2) is 0 Å². The Morgan fingerprint density at radius 2 is 2.07 bits per heavy atom. The van der Waals surface area contributed by atoms with Gasteiger partial charge in [0, 0.05) is 17.8 Å². The number of fused-ring (bicyclic) bond motifs is 3. The Hall–Kier alpha value is -2.39. The Kier molecular flexibility index (Phi) is 4.90. The summed E-state index contributed by atoms with van der Waals surface area (Å²) < 4.78 is 61.2. The minimum Gasteiger partial charge on any atom is -0.370 e. The quantitative estimate of drug-likeness (QED) is 0.441. The first-order valence-corrected chi connectivity index (χ1v) is 9.35. The van der Waals surface area contributed by atoms with E-state index in [1.165, 1.54) is 12.1 Å². The molecule has 3 heterocycles. The van der Waals surface area contributed by atoms with Crippen molar-refractivity contribution in [1.29, 1.82) is 0 Å². The Balaban J connectivity index is 1.75. The Bertz CT molecular complexity index is 1080. The standard InChI is InChI=1S/C19H17ClF4N4O/c1-9(11-4-3-5-13(15(11)21)19(22,23)24)25-16-12-8-14-10(2)29-7-6-28(14)17(12)27-18(20)26-16/h3-5,8-10H,6-7H2,1-2H3,(H,25,26,27)/t9-,10?/m1/s1. The average Bonchev–Trinajstić information content (AvgIpc) is 3.01. The highest BCUT2D eigenvalue weighted by Gasteiger charge is 2.35. The van der Waals surface area contributed by atoms with Crippen LogP contribution in [0.5, 0.6) is 0 Å². The van der Waals surface area contributed by atoms with Crippen molar-refractivity contribution < 1.29 is 22.3 Å². The fourth-order valence-electron chi connectivity index (χ4n) is 3.59. The summed E-state index contributed by atoms with van der Waals surface area (Å²) in [5.74, 6) is -0.993. The molecule has 5 nitrogen and oxygen atoms in total. The highest BCUT2D eigenvalue weighted by Crippen LogP contribution is 2.36. The summed E-state index contributed by atoms with van der Waals surface area (Å²) in [6.45, 7) is 4.58. The summed E-state index contributed by atoms with van der Waals surface area (Å²) in [6.07, 6.45) is -4.93. The second-order valence-electron chi connectivity index (χ2n) is 6.88. The molecule has 4 rings (SSSR count). The van der Waals surface area contributed by atoms with Crippen LogP contribution in [0.1, 0.15) is 42.8 Å². The van der Waals surface area contributed by atoms with Crippen LogP contribution in [0.3, 0.4) is 0 Å². The molecule has 0 fully saturated rings. The van der Waals surface area contributed by atoms with Gasteiger partial charge in [-0.05, 0) is 37.6 Å². The number of hydrogen-bond donors (Lipinski definition) is 1. The fourth-order valence-corrected chi connectivity index (χ4v) is 3.76. The van der Waals surface area contributed by atoms with Crippen molar-refractivity contribution in [3.05, 3.63) is 52.2 Å². The van der Waals surface area contributed by atoms with Crippen LogP contribution in [0.4, 0.5) is 23.4 Å². The lowest BCUT2D eigenvalue weighted by atomic mass is 10.0. The van der Waals surface area contributed by atoms with Crippen molar-refractivity contribution >= 4 is 28.5 Å². The van der Waals surface area contributed by atoms with Crippen LogP contribution in [-0.2, 0) is 17.5 Å². The van der Waals surface area contributed by atoms with E-state index < -0.39 is 23.6 Å². The Morgan fingerprint density at radius 1 is 1.31 bits per heavy atom. The summed E-state index contributed by atoms with van der Waals surface area (Å²) in [5, 5.41) is 3.61. The highest BCUT2D eigenvalue weighted by atomic mass is 35.5. The smallest absolute Gasteiger partial charge is 0.370 e. The second-order valence-corrected chi connectivity index (χ2v) is 7.22. The zero-order valence-electron chi connectivity index (χ0n) is 15.5. The molecule has 1 N–H and O–H groups in total. The molecule has 0 amide bonds. The number of rotatable bonds is 3. The van der Waals surface area contributed by atoms with Crippen molar-refractivity contribution in [2.45, 2.75) is 38.7 Å². The molecule has 10 heteroatoms. The minimum absolute atomic E-state index is 0.0169. The molecule has 2 atom stereocenters. The molecule has 29 heavy (non-hydrogen) atoms. The summed E-state index contributed by atoms with van der Waals surface area (Å²) in [6, 6.07) is 4.26. The Labute approximate surface area is 168 Å². The first-order valence-electron chi connectivity index (χ1n) is 8.97. The minimum atomic E-state index is -4.77. The number of nitrogens with one attached hydrogen (secondary N) is 1. The molecule has 0 bridgehead atoms. The maximum atomic E-state index is 14.5. The van der Waals surface area contributed by atoms with Gasteiger partial charge in [-0.25, -0.2) is 9.37 Å². The van der Waals surface area contributed by atoms with Crippen LogP contribution >= 0.6 is 11.6 Å². The predicted octanol–water partition coefficient (Wildman–Crippen LogP) is 5.51. The van der Waals surface area contributed by atoms with E-state index in [0.717, 1.165) is 5.69 Å². The number of anilines is 1. The number of halogens is 5. The van der Waals surface area contributed by atoms with Crippen LogP contribution in [-0.4, -0.2) is 21.1 Å². The predicted molar refractivity (Wildman–Crippen MR) is 100 cm³/mol. The number of aromatic nitrogens is 3. The molecule has 1 aliphatic heterocycles. The van der Waals surface area contributed by atoms with Crippen LogP contribution in [0.25, 0.3) is 11.0 Å². The van der Waals surface area contributed by atoms with Gasteiger partial charge in [-0.15, -0.1) is 0 Å². The van der Waals surface area contributed by atoms with E-state index in [2.05, 4.69) is 15.3 Å². The van der Waals surface area contributed by atoms with Crippen molar-refractivity contribution in [2.24, 2.45) is 0 Å². The molecule has 2 aromatic heterocycles. The third-order valence-corrected chi connectivity index (χ3v) is 5.18. The van der Waals surface area contributed by atoms with E-state index in [9.17, 15) is 17.6 Å². The molecule has 3 aromatic rings. The third kappa shape index (κ3) is 3.53. The number of nitrogens with zero attached hydrogens (tertiary/aromatic N) is 3. The van der Waals surface area contributed by atoms with Gasteiger partial charge in [0.2, 0.25) is 5.28 Å². The summed E-state index contributed by atoms with van der Waals surface area (Å²) in [5.41, 5.74) is 0.0568. The zero-order valence-corrected chi connectivity index (χ0v) is 16.3. The number of alkyl halides is 3. The number of hydrogen-bond acceptors (Lipinski definition) is 4. The molecular formula is C19H17ClF4N4O. The topological polar surface area (TPSA) is 52.0 Å². The average molecular weight is 429 g/mol. The van der Waals surface area contributed by atoms with Gasteiger partial charge in [-0.1, -0.05) is 12.1 Å². The van der Waals surface area contributed by atoms with Crippen LogP contribution in [0.2, 0.25) is 5.28 Å². The molecule has 0 spiro atoms. The first-order chi connectivity index (χ1) is 13.7. The van der Waals surface area contributed by atoms with Gasteiger partial charge in [0.1, 0.15) is 17.3 Å². The lowest BCUT2D eigenvalue weighted by Crippen LogP contribution is -2.19. The molecule has 0 saturated heterocycles. The van der Waals surface area contributed by atoms with Crippen LogP contribution in [0, 0.1) is 5.82 Å². The lowest BCUT2D eigenvalue weighted by molar-refractivity contribution is -0.140. The third-order valence-electron chi connectivity index (χ3n) is 5.01. The van der Waals surface area contributed by atoms with Crippen LogP contribution < -0.4 is 5.32 Å². The molecule has 154 valence electrons. The van der Waals surface area contributed by atoms with E-state index in [-0.39, 0.29) is 17.0 Å². The van der Waals surface area contributed by atoms with Crippen molar-refractivity contribution in [3.63, 3.8) is 0 Å². The van der Waals surface area contributed by atoms with Gasteiger partial charge in [-0.3, -0.25) is 0 Å².